The second-order valence-corrected chi connectivity index (χ2v) is 8.24. The first-order valence-electron chi connectivity index (χ1n) is 9.76. The molecule has 0 fully saturated rings. The fraction of sp³-hybridized carbons (Fsp3) is 0.174. The molecule has 1 heterocycles. The monoisotopic (exact) mass is 435 g/mol. The third-order valence-corrected chi connectivity index (χ3v) is 6.18. The third kappa shape index (κ3) is 4.44. The Morgan fingerprint density at radius 3 is 2.55 bits per heavy atom. The molecule has 1 aliphatic rings. The summed E-state index contributed by atoms with van der Waals surface area (Å²) in [7, 11) is 0. The minimum atomic E-state index is -0.566. The Balaban J connectivity index is 1.58. The molecule has 0 atom stereocenters. The molecule has 31 heavy (non-hydrogen) atoms. The lowest BCUT2D eigenvalue weighted by Gasteiger charge is -2.18. The van der Waals surface area contributed by atoms with Gasteiger partial charge in [-0.1, -0.05) is 36.4 Å². The van der Waals surface area contributed by atoms with E-state index in [1.807, 2.05) is 48.5 Å². The molecule has 7 nitrogen and oxygen atoms in total. The number of thiophene rings is 1. The van der Waals surface area contributed by atoms with E-state index in [1.54, 1.807) is 0 Å². The highest BCUT2D eigenvalue weighted by molar-refractivity contribution is 7.20. The van der Waals surface area contributed by atoms with Crippen molar-refractivity contribution in [2.75, 3.05) is 10.6 Å². The van der Waals surface area contributed by atoms with Crippen LogP contribution in [0.1, 0.15) is 34.0 Å². The minimum absolute atomic E-state index is 0.175. The summed E-state index contributed by atoms with van der Waals surface area (Å²) in [6.45, 7) is 1.56. The molecule has 2 aromatic carbocycles. The lowest BCUT2D eigenvalue weighted by Crippen LogP contribution is -2.17. The number of fused-ring (bicyclic) bond motifs is 3. The first kappa shape index (κ1) is 20.6. The highest BCUT2D eigenvalue weighted by atomic mass is 32.1. The molecule has 0 saturated carbocycles. The summed E-state index contributed by atoms with van der Waals surface area (Å²) in [5, 5.41) is 5.92. The number of nitrogens with one attached hydrogen (secondary N) is 2. The first-order valence-corrected chi connectivity index (χ1v) is 10.6. The second-order valence-electron chi connectivity index (χ2n) is 7.22. The largest absolute Gasteiger partial charge is 0.444 e. The number of ether oxygens (including phenoxy) is 1. The van der Waals surface area contributed by atoms with Crippen LogP contribution in [0.3, 0.4) is 0 Å². The molecule has 0 unspecified atom stereocenters. The zero-order chi connectivity index (χ0) is 22.0. The van der Waals surface area contributed by atoms with E-state index in [4.69, 9.17) is 10.5 Å². The van der Waals surface area contributed by atoms with Crippen LogP contribution in [-0.4, -0.2) is 17.9 Å². The number of carbonyl (C=O) groups is 3. The number of benzene rings is 2. The summed E-state index contributed by atoms with van der Waals surface area (Å²) < 4.78 is 5.29. The van der Waals surface area contributed by atoms with Gasteiger partial charge >= 0.3 is 6.09 Å². The van der Waals surface area contributed by atoms with Gasteiger partial charge in [-0.3, -0.25) is 14.9 Å². The Kier molecular flexibility index (Phi) is 5.73. The molecule has 0 aliphatic heterocycles. The highest BCUT2D eigenvalue weighted by Crippen LogP contribution is 2.45. The number of carbonyl (C=O) groups excluding carboxylic acids is 3. The van der Waals surface area contributed by atoms with Crippen LogP contribution in [0, 0.1) is 0 Å². The number of primary amides is 1. The summed E-state index contributed by atoms with van der Waals surface area (Å²) in [6, 6.07) is 15.1. The van der Waals surface area contributed by atoms with E-state index < -0.39 is 12.0 Å². The van der Waals surface area contributed by atoms with Gasteiger partial charge in [-0.15, -0.1) is 11.3 Å². The Morgan fingerprint density at radius 1 is 1.06 bits per heavy atom. The molecule has 8 heteroatoms. The van der Waals surface area contributed by atoms with Crippen LogP contribution < -0.4 is 16.4 Å². The van der Waals surface area contributed by atoms with Crippen molar-refractivity contribution in [3.63, 3.8) is 0 Å². The normalized spacial score (nSPS) is 11.8. The van der Waals surface area contributed by atoms with Gasteiger partial charge < -0.3 is 15.8 Å². The van der Waals surface area contributed by atoms with Crippen molar-refractivity contribution >= 4 is 39.9 Å². The highest BCUT2D eigenvalue weighted by Gasteiger charge is 2.28. The van der Waals surface area contributed by atoms with E-state index in [-0.39, 0.29) is 12.5 Å². The quantitative estimate of drug-likeness (QED) is 0.554. The molecule has 1 aliphatic carbocycles. The van der Waals surface area contributed by atoms with Crippen LogP contribution in [0.2, 0.25) is 0 Å². The van der Waals surface area contributed by atoms with Crippen molar-refractivity contribution in [3.8, 4) is 10.4 Å². The van der Waals surface area contributed by atoms with Crippen LogP contribution in [0.4, 0.5) is 15.5 Å². The van der Waals surface area contributed by atoms with Gasteiger partial charge in [0, 0.05) is 17.5 Å². The van der Waals surface area contributed by atoms with Crippen molar-refractivity contribution in [3.05, 3.63) is 70.8 Å². The number of nitrogens with two attached hydrogens (primary N) is 1. The molecule has 1 aromatic heterocycles. The molecule has 0 radical (unpaired) electrons. The number of hydrogen-bond acceptors (Lipinski definition) is 5. The number of rotatable bonds is 5. The average molecular weight is 436 g/mol. The van der Waals surface area contributed by atoms with Crippen LogP contribution in [-0.2, 0) is 29.0 Å². The summed E-state index contributed by atoms with van der Waals surface area (Å²) in [6.07, 6.45) is 0.836. The zero-order valence-corrected chi connectivity index (χ0v) is 17.7. The van der Waals surface area contributed by atoms with Gasteiger partial charge in [0.1, 0.15) is 11.6 Å². The second kappa shape index (κ2) is 8.61. The molecular formula is C23H21N3O4S. The molecule has 0 saturated heterocycles. The Morgan fingerprint density at radius 2 is 1.84 bits per heavy atom. The molecular weight excluding hydrogens is 414 g/mol. The molecule has 0 spiro atoms. The number of anilines is 2. The molecule has 4 rings (SSSR count). The van der Waals surface area contributed by atoms with Gasteiger partial charge in [-0.05, 0) is 47.2 Å². The van der Waals surface area contributed by atoms with Gasteiger partial charge in [-0.25, -0.2) is 4.79 Å². The zero-order valence-electron chi connectivity index (χ0n) is 16.9. The Bertz CT molecular complexity index is 1170. The lowest BCUT2D eigenvalue weighted by atomic mass is 9.89. The first-order chi connectivity index (χ1) is 14.9. The number of amides is 3. The predicted molar refractivity (Wildman–Crippen MR) is 120 cm³/mol. The maximum absolute atomic E-state index is 12.2. The van der Waals surface area contributed by atoms with Gasteiger partial charge in [-0.2, -0.15) is 0 Å². The van der Waals surface area contributed by atoms with E-state index in [0.29, 0.717) is 22.7 Å². The minimum Gasteiger partial charge on any atom is -0.444 e. The topological polar surface area (TPSA) is 111 Å². The maximum Gasteiger partial charge on any atom is 0.411 e. The van der Waals surface area contributed by atoms with Gasteiger partial charge in [0.15, 0.2) is 0 Å². The Hall–Kier alpha value is -3.65. The van der Waals surface area contributed by atoms with E-state index in [2.05, 4.69) is 10.6 Å². The molecule has 158 valence electrons. The van der Waals surface area contributed by atoms with E-state index >= 15 is 0 Å². The van der Waals surface area contributed by atoms with Crippen molar-refractivity contribution in [2.24, 2.45) is 5.73 Å². The summed E-state index contributed by atoms with van der Waals surface area (Å²) in [5.74, 6) is -0.832. The summed E-state index contributed by atoms with van der Waals surface area (Å²) in [4.78, 5) is 36.7. The lowest BCUT2D eigenvalue weighted by molar-refractivity contribution is -0.114. The summed E-state index contributed by atoms with van der Waals surface area (Å²) >= 11 is 1.32. The third-order valence-electron chi connectivity index (χ3n) is 5.00. The van der Waals surface area contributed by atoms with E-state index in [1.165, 1.54) is 18.3 Å². The number of aryl methyl sites for hydroxylation is 1. The van der Waals surface area contributed by atoms with E-state index in [0.717, 1.165) is 33.6 Å². The van der Waals surface area contributed by atoms with Crippen LogP contribution in [0.25, 0.3) is 10.4 Å². The molecule has 0 bridgehead atoms. The maximum atomic E-state index is 12.2. The fourth-order valence-electron chi connectivity index (χ4n) is 3.65. The SMILES string of the molecule is CC(=O)Nc1sc2c(c1C(N)=O)CCc1ccc(NC(=O)OCc3ccccc3)cc1-2. The van der Waals surface area contributed by atoms with Crippen molar-refractivity contribution < 1.29 is 19.1 Å². The standard InChI is InChI=1S/C23H21N3O4S/c1-13(27)25-22-19(21(24)28)17-10-8-15-7-9-16(11-18(15)20(17)31-22)26-23(29)30-12-14-5-3-2-4-6-14/h2-7,9,11H,8,10,12H2,1H3,(H2,24,28)(H,25,27)(H,26,29). The van der Waals surface area contributed by atoms with Gasteiger partial charge in [0.25, 0.3) is 5.91 Å². The smallest absolute Gasteiger partial charge is 0.411 e. The van der Waals surface area contributed by atoms with Crippen LogP contribution in [0.5, 0.6) is 0 Å². The average Bonchev–Trinajstić information content (AvgIpc) is 3.11. The van der Waals surface area contributed by atoms with Crippen molar-refractivity contribution in [1.82, 2.24) is 0 Å². The van der Waals surface area contributed by atoms with Gasteiger partial charge in [0.05, 0.1) is 5.56 Å². The van der Waals surface area contributed by atoms with E-state index in [9.17, 15) is 14.4 Å². The molecule has 3 amide bonds. The van der Waals surface area contributed by atoms with Crippen LogP contribution >= 0.6 is 11.3 Å². The van der Waals surface area contributed by atoms with Gasteiger partial charge in [0.2, 0.25) is 5.91 Å². The van der Waals surface area contributed by atoms with Crippen LogP contribution in [0.15, 0.2) is 48.5 Å². The van der Waals surface area contributed by atoms with Crippen molar-refractivity contribution in [2.45, 2.75) is 26.4 Å². The molecule has 3 aromatic rings. The fourth-order valence-corrected chi connectivity index (χ4v) is 5.00. The number of hydrogen-bond donors (Lipinski definition) is 3. The van der Waals surface area contributed by atoms with Crippen molar-refractivity contribution in [1.29, 1.82) is 0 Å². The predicted octanol–water partition coefficient (Wildman–Crippen LogP) is 4.32. The molecule has 4 N–H and O–H groups in total. The summed E-state index contributed by atoms with van der Waals surface area (Å²) in [5.41, 5.74) is 10.3. The Labute approximate surface area is 183 Å².